The van der Waals surface area contributed by atoms with Crippen molar-refractivity contribution < 1.29 is 27.8 Å². The van der Waals surface area contributed by atoms with Crippen LogP contribution in [-0.2, 0) is 17.4 Å². The highest BCUT2D eigenvalue weighted by Crippen LogP contribution is 2.35. The van der Waals surface area contributed by atoms with Crippen LogP contribution in [0.25, 0.3) is 0 Å². The minimum Gasteiger partial charge on any atom is -0.503 e. The lowest BCUT2D eigenvalue weighted by Crippen LogP contribution is -2.19. The molecule has 7 nitrogen and oxygen atoms in total. The number of benzene rings is 2. The fourth-order valence-corrected chi connectivity index (χ4v) is 3.61. The predicted molar refractivity (Wildman–Crippen MR) is 121 cm³/mol. The topological polar surface area (TPSA) is 95.8 Å². The summed E-state index contributed by atoms with van der Waals surface area (Å²) in [5.41, 5.74) is 2.74. The summed E-state index contributed by atoms with van der Waals surface area (Å²) in [5.74, 6) is -0.434. The van der Waals surface area contributed by atoms with Gasteiger partial charge in [0.25, 0.3) is 0 Å². The molecule has 0 aliphatic heterocycles. The van der Waals surface area contributed by atoms with E-state index in [0.717, 1.165) is 23.5 Å². The van der Waals surface area contributed by atoms with Crippen LogP contribution in [0.1, 0.15) is 23.7 Å². The molecule has 174 valence electrons. The summed E-state index contributed by atoms with van der Waals surface area (Å²) < 4.78 is 43.8. The number of anilines is 2. The van der Waals surface area contributed by atoms with E-state index in [4.69, 9.17) is 16.3 Å². The number of thiazole rings is 1. The SMILES string of the molecule is CCOc1cc(/C=N\NC(=O)Cc2csc(Nc3cccc(C(F)(F)F)c3)n2)cc(Cl)c1O. The van der Waals surface area contributed by atoms with E-state index in [1.54, 1.807) is 12.3 Å². The number of phenolic OH excluding ortho intramolecular Hbond substituents is 1. The number of carbonyl (C=O) groups is 1. The molecule has 0 bridgehead atoms. The van der Waals surface area contributed by atoms with E-state index in [0.29, 0.717) is 23.0 Å². The summed E-state index contributed by atoms with van der Waals surface area (Å²) in [6.07, 6.45) is -3.19. The first-order chi connectivity index (χ1) is 15.7. The molecule has 1 heterocycles. The van der Waals surface area contributed by atoms with Gasteiger partial charge in [-0.25, -0.2) is 10.4 Å². The number of hydrogen-bond acceptors (Lipinski definition) is 7. The van der Waals surface area contributed by atoms with Crippen LogP contribution in [0.5, 0.6) is 11.5 Å². The zero-order chi connectivity index (χ0) is 24.0. The van der Waals surface area contributed by atoms with Crippen molar-refractivity contribution in [3.8, 4) is 11.5 Å². The Kier molecular flexibility index (Phi) is 7.77. The third-order valence-corrected chi connectivity index (χ3v) is 5.18. The van der Waals surface area contributed by atoms with E-state index in [2.05, 4.69) is 20.8 Å². The lowest BCUT2D eigenvalue weighted by atomic mass is 10.2. The number of hydrazone groups is 1. The lowest BCUT2D eigenvalue weighted by Gasteiger charge is -2.08. The number of aromatic nitrogens is 1. The minimum absolute atomic E-state index is 0.0806. The molecule has 0 aliphatic carbocycles. The number of nitrogens with zero attached hydrogens (tertiary/aromatic N) is 2. The maximum absolute atomic E-state index is 12.8. The molecular weight excluding hydrogens is 481 g/mol. The van der Waals surface area contributed by atoms with Gasteiger partial charge < -0.3 is 15.2 Å². The van der Waals surface area contributed by atoms with Crippen molar-refractivity contribution >= 4 is 45.9 Å². The number of hydrogen-bond donors (Lipinski definition) is 3. The molecule has 0 unspecified atom stereocenters. The van der Waals surface area contributed by atoms with Crippen molar-refractivity contribution in [3.05, 3.63) is 63.6 Å². The number of aromatic hydroxyl groups is 1. The average Bonchev–Trinajstić information content (AvgIpc) is 3.18. The third-order valence-electron chi connectivity index (χ3n) is 4.09. The molecule has 0 saturated heterocycles. The van der Waals surface area contributed by atoms with Crippen LogP contribution in [0.15, 0.2) is 46.9 Å². The van der Waals surface area contributed by atoms with Gasteiger partial charge in [0.05, 0.1) is 35.5 Å². The Bertz CT molecular complexity index is 1170. The smallest absolute Gasteiger partial charge is 0.416 e. The maximum Gasteiger partial charge on any atom is 0.416 e. The van der Waals surface area contributed by atoms with Gasteiger partial charge in [-0.2, -0.15) is 18.3 Å². The number of nitrogens with one attached hydrogen (secondary N) is 2. The molecule has 33 heavy (non-hydrogen) atoms. The Morgan fingerprint density at radius 1 is 1.33 bits per heavy atom. The summed E-state index contributed by atoms with van der Waals surface area (Å²) in [6.45, 7) is 2.09. The van der Waals surface area contributed by atoms with Crippen LogP contribution in [0.3, 0.4) is 0 Å². The van der Waals surface area contributed by atoms with Crippen molar-refractivity contribution in [2.75, 3.05) is 11.9 Å². The quantitative estimate of drug-likeness (QED) is 0.287. The second-order valence-electron chi connectivity index (χ2n) is 6.60. The van der Waals surface area contributed by atoms with Gasteiger partial charge in [-0.05, 0) is 42.8 Å². The Balaban J connectivity index is 1.57. The van der Waals surface area contributed by atoms with E-state index in [-0.39, 0.29) is 28.6 Å². The van der Waals surface area contributed by atoms with Crippen molar-refractivity contribution in [1.82, 2.24) is 10.4 Å². The molecule has 2 aromatic carbocycles. The van der Waals surface area contributed by atoms with Gasteiger partial charge in [0, 0.05) is 11.1 Å². The number of phenols is 1. The van der Waals surface area contributed by atoms with E-state index < -0.39 is 17.6 Å². The Hall–Kier alpha value is -3.31. The summed E-state index contributed by atoms with van der Waals surface area (Å²) in [5, 5.41) is 18.5. The van der Waals surface area contributed by atoms with Gasteiger partial charge in [-0.15, -0.1) is 11.3 Å². The van der Waals surface area contributed by atoms with E-state index in [9.17, 15) is 23.1 Å². The van der Waals surface area contributed by atoms with Gasteiger partial charge >= 0.3 is 6.18 Å². The summed E-state index contributed by atoms with van der Waals surface area (Å²) in [4.78, 5) is 16.3. The fraction of sp³-hybridized carbons (Fsp3) is 0.190. The van der Waals surface area contributed by atoms with Gasteiger partial charge in [-0.3, -0.25) is 4.79 Å². The minimum atomic E-state index is -4.44. The van der Waals surface area contributed by atoms with Crippen molar-refractivity contribution in [1.29, 1.82) is 0 Å². The molecular formula is C21H18ClF3N4O3S. The molecule has 0 spiro atoms. The number of rotatable bonds is 8. The first-order valence-electron chi connectivity index (χ1n) is 9.51. The first-order valence-corrected chi connectivity index (χ1v) is 10.8. The average molecular weight is 499 g/mol. The number of halogens is 4. The highest BCUT2D eigenvalue weighted by atomic mass is 35.5. The van der Waals surface area contributed by atoms with Crippen LogP contribution in [0.2, 0.25) is 5.02 Å². The van der Waals surface area contributed by atoms with Gasteiger partial charge in [0.1, 0.15) is 0 Å². The molecule has 1 amide bonds. The largest absolute Gasteiger partial charge is 0.503 e. The second-order valence-corrected chi connectivity index (χ2v) is 7.87. The van der Waals surface area contributed by atoms with E-state index >= 15 is 0 Å². The Morgan fingerprint density at radius 3 is 2.85 bits per heavy atom. The molecule has 0 saturated carbocycles. The standard InChI is InChI=1S/C21H18ClF3N4O3S/c1-2-32-17-7-12(6-16(22)19(17)31)10-26-29-18(30)9-15-11-33-20(28-15)27-14-5-3-4-13(8-14)21(23,24)25/h3-8,10-11,31H,2,9H2,1H3,(H,27,28)(H,29,30)/b26-10-. The summed E-state index contributed by atoms with van der Waals surface area (Å²) in [7, 11) is 0. The van der Waals surface area contributed by atoms with Gasteiger partial charge in [0.2, 0.25) is 5.91 Å². The van der Waals surface area contributed by atoms with Crippen LogP contribution >= 0.6 is 22.9 Å². The molecule has 0 atom stereocenters. The van der Waals surface area contributed by atoms with Crippen LogP contribution < -0.4 is 15.5 Å². The molecule has 0 fully saturated rings. The van der Waals surface area contributed by atoms with Crippen molar-refractivity contribution in [3.63, 3.8) is 0 Å². The van der Waals surface area contributed by atoms with Crippen molar-refractivity contribution in [2.45, 2.75) is 19.5 Å². The molecule has 0 aliphatic rings. The number of carbonyl (C=O) groups excluding carboxylic acids is 1. The first kappa shape index (κ1) is 24.3. The van der Waals surface area contributed by atoms with Crippen LogP contribution in [0, 0.1) is 0 Å². The molecule has 3 rings (SSSR count). The maximum atomic E-state index is 12.8. The monoisotopic (exact) mass is 498 g/mol. The normalized spacial score (nSPS) is 11.5. The zero-order valence-corrected chi connectivity index (χ0v) is 18.7. The highest BCUT2D eigenvalue weighted by molar-refractivity contribution is 7.13. The van der Waals surface area contributed by atoms with Crippen LogP contribution in [0.4, 0.5) is 24.0 Å². The molecule has 1 aromatic heterocycles. The van der Waals surface area contributed by atoms with Gasteiger partial charge in [0.15, 0.2) is 16.6 Å². The molecule has 0 radical (unpaired) electrons. The second kappa shape index (κ2) is 10.5. The number of alkyl halides is 3. The summed E-state index contributed by atoms with van der Waals surface area (Å²) in [6, 6.07) is 7.73. The van der Waals surface area contributed by atoms with Gasteiger partial charge in [-0.1, -0.05) is 17.7 Å². The van der Waals surface area contributed by atoms with E-state index in [1.807, 2.05) is 0 Å². The third kappa shape index (κ3) is 6.83. The fourth-order valence-electron chi connectivity index (χ4n) is 2.66. The lowest BCUT2D eigenvalue weighted by molar-refractivity contribution is -0.137. The number of amides is 1. The van der Waals surface area contributed by atoms with E-state index in [1.165, 1.54) is 30.5 Å². The van der Waals surface area contributed by atoms with Crippen LogP contribution in [-0.4, -0.2) is 28.8 Å². The Labute approximate surface area is 195 Å². The summed E-state index contributed by atoms with van der Waals surface area (Å²) >= 11 is 7.10. The molecule has 3 N–H and O–H groups in total. The molecule has 12 heteroatoms. The van der Waals surface area contributed by atoms with Crippen molar-refractivity contribution in [2.24, 2.45) is 5.10 Å². The molecule has 3 aromatic rings. The predicted octanol–water partition coefficient (Wildman–Crippen LogP) is 5.36. The Morgan fingerprint density at radius 2 is 2.12 bits per heavy atom. The number of ether oxygens (including phenoxy) is 1. The highest BCUT2D eigenvalue weighted by Gasteiger charge is 2.30. The zero-order valence-electron chi connectivity index (χ0n) is 17.1.